The van der Waals surface area contributed by atoms with Crippen molar-refractivity contribution in [2.75, 3.05) is 0 Å². The van der Waals surface area contributed by atoms with E-state index in [-0.39, 0.29) is 0 Å². The molecular formula is C54H34N2O. The molecule has 0 unspecified atom stereocenters. The molecule has 0 amide bonds. The topological polar surface area (TPSA) is 38.9 Å². The fraction of sp³-hybridized carbons (Fsp3) is 0. The summed E-state index contributed by atoms with van der Waals surface area (Å²) in [5, 5.41) is 7.18. The lowest BCUT2D eigenvalue weighted by Crippen LogP contribution is -1.96. The predicted octanol–water partition coefficient (Wildman–Crippen LogP) is 14.7. The molecule has 0 saturated heterocycles. The first kappa shape index (κ1) is 32.8. The highest BCUT2D eigenvalue weighted by molar-refractivity contribution is 6.09. The van der Waals surface area contributed by atoms with Gasteiger partial charge in [-0.3, -0.25) is 0 Å². The maximum absolute atomic E-state index is 6.24. The Morgan fingerprint density at radius 3 is 1.63 bits per heavy atom. The third-order valence-corrected chi connectivity index (χ3v) is 11.1. The van der Waals surface area contributed by atoms with E-state index < -0.39 is 0 Å². The fourth-order valence-electron chi connectivity index (χ4n) is 8.23. The summed E-state index contributed by atoms with van der Waals surface area (Å²) in [6.45, 7) is 0. The van der Waals surface area contributed by atoms with Crippen LogP contribution in [0.15, 0.2) is 211 Å². The van der Waals surface area contributed by atoms with Gasteiger partial charge in [-0.1, -0.05) is 158 Å². The van der Waals surface area contributed by atoms with E-state index in [2.05, 4.69) is 170 Å². The molecule has 0 fully saturated rings. The maximum atomic E-state index is 6.24. The second kappa shape index (κ2) is 13.6. The Kier molecular flexibility index (Phi) is 7.82. The van der Waals surface area contributed by atoms with Gasteiger partial charge >= 0.3 is 0 Å². The molecule has 0 saturated carbocycles. The van der Waals surface area contributed by atoms with Gasteiger partial charge in [0.25, 0.3) is 0 Å². The lowest BCUT2D eigenvalue weighted by atomic mass is 9.89. The van der Waals surface area contributed by atoms with E-state index in [4.69, 9.17) is 14.4 Å². The number of benzene rings is 9. The van der Waals surface area contributed by atoms with Crippen LogP contribution in [0.1, 0.15) is 0 Å². The maximum Gasteiger partial charge on any atom is 0.160 e. The van der Waals surface area contributed by atoms with Crippen molar-refractivity contribution in [1.29, 1.82) is 0 Å². The summed E-state index contributed by atoms with van der Waals surface area (Å²) in [7, 11) is 0. The van der Waals surface area contributed by atoms with Crippen molar-refractivity contribution in [3.05, 3.63) is 206 Å². The van der Waals surface area contributed by atoms with Gasteiger partial charge in [-0.05, 0) is 103 Å². The minimum absolute atomic E-state index is 0.689. The van der Waals surface area contributed by atoms with Crippen LogP contribution in [0, 0.1) is 0 Å². The van der Waals surface area contributed by atoms with Crippen molar-refractivity contribution in [1.82, 2.24) is 9.97 Å². The lowest BCUT2D eigenvalue weighted by molar-refractivity contribution is 0.669. The van der Waals surface area contributed by atoms with Crippen LogP contribution in [0.25, 0.3) is 111 Å². The van der Waals surface area contributed by atoms with E-state index >= 15 is 0 Å². The van der Waals surface area contributed by atoms with Gasteiger partial charge in [0, 0.05) is 27.5 Å². The Labute approximate surface area is 330 Å². The van der Waals surface area contributed by atoms with Crippen molar-refractivity contribution in [3.8, 4) is 67.3 Å². The van der Waals surface area contributed by atoms with E-state index in [0.29, 0.717) is 5.82 Å². The molecule has 11 rings (SSSR count). The van der Waals surface area contributed by atoms with E-state index in [1.54, 1.807) is 0 Å². The van der Waals surface area contributed by atoms with Crippen LogP contribution in [0.2, 0.25) is 0 Å². The van der Waals surface area contributed by atoms with Gasteiger partial charge < -0.3 is 4.42 Å². The van der Waals surface area contributed by atoms with Gasteiger partial charge in [0.1, 0.15) is 11.2 Å². The molecule has 2 aromatic heterocycles. The molecular weight excluding hydrogens is 693 g/mol. The van der Waals surface area contributed by atoms with E-state index in [1.807, 2.05) is 36.4 Å². The molecule has 0 atom stereocenters. The zero-order valence-corrected chi connectivity index (χ0v) is 30.9. The van der Waals surface area contributed by atoms with Gasteiger partial charge in [0.15, 0.2) is 5.82 Å². The summed E-state index contributed by atoms with van der Waals surface area (Å²) >= 11 is 0. The summed E-state index contributed by atoms with van der Waals surface area (Å²) in [5.41, 5.74) is 13.3. The standard InChI is InChI=1S/C54H34N2O/c1-3-14-37(15-4-1)50-34-51(56-54(55-50)38-16-5-2-6-17-38)43-30-41(39-27-28-53-49(32-39)47-21-11-12-22-52(47)57-53)29-42(31-43)46-20-10-9-19-45(46)40-26-25-36-24-23-35-13-7-8-18-44(35)48(36)33-40/h1-34H. The average Bonchev–Trinajstić information content (AvgIpc) is 3.67. The first-order chi connectivity index (χ1) is 28.2. The number of para-hydroxylation sites is 1. The minimum atomic E-state index is 0.689. The number of aromatic nitrogens is 2. The molecule has 0 bridgehead atoms. The van der Waals surface area contributed by atoms with E-state index in [9.17, 15) is 0 Å². The summed E-state index contributed by atoms with van der Waals surface area (Å²) in [5.74, 6) is 0.689. The summed E-state index contributed by atoms with van der Waals surface area (Å²) in [4.78, 5) is 10.4. The number of hydrogen-bond acceptors (Lipinski definition) is 3. The number of nitrogens with zero attached hydrogens (tertiary/aromatic N) is 2. The van der Waals surface area contributed by atoms with Gasteiger partial charge in [-0.25, -0.2) is 9.97 Å². The highest BCUT2D eigenvalue weighted by Gasteiger charge is 2.17. The van der Waals surface area contributed by atoms with Gasteiger partial charge in [-0.2, -0.15) is 0 Å². The van der Waals surface area contributed by atoms with Crippen LogP contribution in [0.3, 0.4) is 0 Å². The van der Waals surface area contributed by atoms with Crippen LogP contribution in [-0.4, -0.2) is 9.97 Å². The first-order valence-electron chi connectivity index (χ1n) is 19.3. The summed E-state index contributed by atoms with van der Waals surface area (Å²) in [6.07, 6.45) is 0. The molecule has 9 aromatic carbocycles. The number of rotatable bonds is 6. The van der Waals surface area contributed by atoms with Crippen molar-refractivity contribution in [3.63, 3.8) is 0 Å². The first-order valence-corrected chi connectivity index (χ1v) is 19.3. The Balaban J connectivity index is 1.15. The molecule has 3 heteroatoms. The lowest BCUT2D eigenvalue weighted by Gasteiger charge is -2.16. The molecule has 0 aliphatic heterocycles. The molecule has 0 radical (unpaired) electrons. The third kappa shape index (κ3) is 5.94. The highest BCUT2D eigenvalue weighted by atomic mass is 16.3. The third-order valence-electron chi connectivity index (χ3n) is 11.1. The Hall–Kier alpha value is -7.62. The minimum Gasteiger partial charge on any atom is -0.456 e. The normalized spacial score (nSPS) is 11.5. The Bertz CT molecular complexity index is 3230. The van der Waals surface area contributed by atoms with Crippen molar-refractivity contribution < 1.29 is 4.42 Å². The molecule has 266 valence electrons. The van der Waals surface area contributed by atoms with E-state index in [1.165, 1.54) is 32.7 Å². The summed E-state index contributed by atoms with van der Waals surface area (Å²) < 4.78 is 6.24. The average molecular weight is 727 g/mol. The SMILES string of the molecule is c1ccc(-c2cc(-c3cc(-c4ccc5oc6ccccc6c5c4)cc(-c4ccccc4-c4ccc5ccc6ccccc6c5c4)c3)nc(-c3ccccc3)n2)cc1. The number of hydrogen-bond donors (Lipinski definition) is 0. The van der Waals surface area contributed by atoms with Gasteiger partial charge in [0.05, 0.1) is 11.4 Å². The molecule has 57 heavy (non-hydrogen) atoms. The van der Waals surface area contributed by atoms with Crippen molar-refractivity contribution in [2.45, 2.75) is 0 Å². The second-order valence-corrected chi connectivity index (χ2v) is 14.6. The summed E-state index contributed by atoms with van der Waals surface area (Å²) in [6, 6.07) is 73.0. The van der Waals surface area contributed by atoms with Crippen LogP contribution >= 0.6 is 0 Å². The van der Waals surface area contributed by atoms with Crippen LogP contribution in [0.4, 0.5) is 0 Å². The van der Waals surface area contributed by atoms with Gasteiger partial charge in [0.2, 0.25) is 0 Å². The number of furan rings is 1. The molecule has 0 aliphatic rings. The van der Waals surface area contributed by atoms with Crippen LogP contribution in [-0.2, 0) is 0 Å². The Morgan fingerprint density at radius 1 is 0.281 bits per heavy atom. The zero-order chi connectivity index (χ0) is 37.7. The van der Waals surface area contributed by atoms with Crippen molar-refractivity contribution >= 4 is 43.5 Å². The zero-order valence-electron chi connectivity index (χ0n) is 30.9. The van der Waals surface area contributed by atoms with E-state index in [0.717, 1.165) is 72.3 Å². The molecule has 0 aliphatic carbocycles. The largest absolute Gasteiger partial charge is 0.456 e. The highest BCUT2D eigenvalue weighted by Crippen LogP contribution is 2.41. The molecule has 11 aromatic rings. The van der Waals surface area contributed by atoms with Crippen molar-refractivity contribution in [2.24, 2.45) is 0 Å². The number of fused-ring (bicyclic) bond motifs is 6. The quantitative estimate of drug-likeness (QED) is 0.160. The smallest absolute Gasteiger partial charge is 0.160 e. The predicted molar refractivity (Wildman–Crippen MR) is 237 cm³/mol. The van der Waals surface area contributed by atoms with Crippen LogP contribution < -0.4 is 0 Å². The van der Waals surface area contributed by atoms with Gasteiger partial charge in [-0.15, -0.1) is 0 Å². The molecule has 0 N–H and O–H groups in total. The molecule has 2 heterocycles. The Morgan fingerprint density at radius 2 is 0.825 bits per heavy atom. The monoisotopic (exact) mass is 726 g/mol. The molecule has 3 nitrogen and oxygen atoms in total. The second-order valence-electron chi connectivity index (χ2n) is 14.6. The van der Waals surface area contributed by atoms with Crippen LogP contribution in [0.5, 0.6) is 0 Å². The fourth-order valence-corrected chi connectivity index (χ4v) is 8.23. The molecule has 0 spiro atoms.